The van der Waals surface area contributed by atoms with Crippen LogP contribution in [0.25, 0.3) is 0 Å². The summed E-state index contributed by atoms with van der Waals surface area (Å²) in [5.74, 6) is 3.63. The average Bonchev–Trinajstić information content (AvgIpc) is 1.27. The molecular weight excluding hydrogens is 1400 g/mol. The molecule has 1 aromatic carbocycles. The molecule has 10 rings (SSSR count). The second kappa shape index (κ2) is 40.6. The van der Waals surface area contributed by atoms with E-state index in [1.54, 1.807) is 99.7 Å². The molecule has 106 heavy (non-hydrogen) atoms. The number of hydrogen-bond donors (Lipinski definition) is 7. The normalized spacial score (nSPS) is 17.5. The molecule has 2 bridgehead atoms. The van der Waals surface area contributed by atoms with Gasteiger partial charge in [-0.1, -0.05) is 31.8 Å². The molecule has 2 saturated heterocycles. The van der Waals surface area contributed by atoms with Crippen molar-refractivity contribution in [1.29, 1.82) is 0 Å². The van der Waals surface area contributed by atoms with Gasteiger partial charge in [0.1, 0.15) is 62.9 Å². The third-order valence-electron chi connectivity index (χ3n) is 16.0. The fourth-order valence-corrected chi connectivity index (χ4v) is 11.5. The van der Waals surface area contributed by atoms with Gasteiger partial charge in [-0.05, 0) is 205 Å². The third kappa shape index (κ3) is 30.9. The monoisotopic (exact) mass is 1510 g/mol. The Hall–Kier alpha value is -8.33. The van der Waals surface area contributed by atoms with E-state index in [0.29, 0.717) is 65.5 Å². The molecule has 6 heterocycles. The molecule has 3 saturated carbocycles. The molecule has 35 heteroatoms. The van der Waals surface area contributed by atoms with Crippen LogP contribution in [-0.2, 0) is 86.1 Å². The number of aryl methyl sites for hydroxylation is 5. The number of benzene rings is 1. The minimum absolute atomic E-state index is 0. The Bertz CT molecular complexity index is 3800. The van der Waals surface area contributed by atoms with E-state index >= 15 is 0 Å². The fraction of sp³-hybridized carbons (Fsp3) is 0.606. The van der Waals surface area contributed by atoms with Crippen molar-refractivity contribution >= 4 is 61.8 Å². The summed E-state index contributed by atoms with van der Waals surface area (Å²) >= 11 is 0. The molecule has 1 unspecified atom stereocenters. The van der Waals surface area contributed by atoms with Crippen LogP contribution in [0.3, 0.4) is 0 Å². The molecule has 2 aliphatic heterocycles. The van der Waals surface area contributed by atoms with Crippen molar-refractivity contribution < 1.29 is 147 Å². The molecule has 4 amide bonds. The maximum atomic E-state index is 13.7. The Morgan fingerprint density at radius 2 is 1.22 bits per heavy atom. The van der Waals surface area contributed by atoms with E-state index in [2.05, 4.69) is 71.6 Å². The molecule has 3 aliphatic carbocycles. The summed E-state index contributed by atoms with van der Waals surface area (Å²) in [6.45, 7) is 45.8. The molecule has 578 valence electrons. The average molecular weight is 1510 g/mol. The number of nitrogens with zero attached hydrogens (tertiary/aromatic N) is 6. The number of ether oxygens (including phenoxy) is 6. The van der Waals surface area contributed by atoms with E-state index in [4.69, 9.17) is 72.2 Å². The molecule has 0 spiro atoms. The number of rotatable bonds is 14. The number of alkyl carbamates (subject to hydrolysis) is 3. The molecule has 5 fully saturated rings. The zero-order chi connectivity index (χ0) is 80.0. The van der Waals surface area contributed by atoms with Gasteiger partial charge in [0.05, 0.1) is 54.7 Å². The fourth-order valence-electron chi connectivity index (χ4n) is 11.5. The Balaban J connectivity index is 0.000000565. The number of carbonyl (C=O) groups excluding carboxylic acids is 12. The SMILES string of the molecule is Cc1nc(CNC(=O)OC(C)(C)C)cn1C(=O)OC(C)(C)C.Cc1ncc(C(NC(=O)OC(C)(C)C)C(=O)N2CC(Oc3ccc(CCB4O[C@@H]5C[C@@H]6C[C@@H](C6(C)C)[C@]5(C)O4)c(C)c3C(=O)OC(C)(C)C)C2)[nH]1.Cc1ncc(CN)[nH]1.Cc1ncc([CH-]NC(=O)OC(C)(C)C)[nH]1.O=C=O.O=C=O.O=C=O.[K+]. The van der Waals surface area contributed by atoms with Crippen LogP contribution in [0.5, 0.6) is 5.75 Å². The standard InChI is InChI=1S/C38H55BN4O8.C15H25N3O4.C10H16N3O2.C5H9N3.3CO2.K/c1-21-23(14-15-39-50-29-17-24-16-28(37(24,9)10)38(29,11)51-39)12-13-27(30(21)33(45)48-35(3,4)5)47-25-19-43(20-25)32(44)31(26-18-40-22(2)41-26)42-34(46)49-36(6,7)8;1-10-17-11(8-16-12(19)21-14(2,3)4)9-18(10)13(20)22-15(5,6)7;1-7-11-5-8(13-7)6-12-9(14)15-10(2,3)4;1-4-7-3-5(2-6)8-4;3*2-1-3;/h12-13,18,24-25,28-29,31H,14-17,19-20H2,1-11H3,(H,40,41)(H,42,46);9H,8H2,1-7H3,(H,16,19);5-6H,1-4H3,(H,11,13)(H,12,14);3H,2,6H2,1H3,(H,7,8);;;;/q;;-1;;;;;+1/t24-,28-,29+,31?,38-;;;;;;;/m0......./s1. The summed E-state index contributed by atoms with van der Waals surface area (Å²) in [7, 11) is -0.298. The van der Waals surface area contributed by atoms with Gasteiger partial charge < -0.3 is 84.2 Å². The minimum Gasteiger partial charge on any atom is -0.486 e. The number of likely N-dealkylation sites (tertiary alicyclic amines) is 1. The summed E-state index contributed by atoms with van der Waals surface area (Å²) in [6, 6.07) is 2.80. The van der Waals surface area contributed by atoms with Crippen LogP contribution in [0.15, 0.2) is 36.9 Å². The van der Waals surface area contributed by atoms with Gasteiger partial charge in [0.25, 0.3) is 5.91 Å². The van der Waals surface area contributed by atoms with Crippen LogP contribution in [0, 0.1) is 58.4 Å². The van der Waals surface area contributed by atoms with E-state index in [0.717, 1.165) is 40.6 Å². The molecule has 5 aromatic rings. The summed E-state index contributed by atoms with van der Waals surface area (Å²) in [5.41, 5.74) is 7.13. The van der Waals surface area contributed by atoms with Crippen LogP contribution in [0.2, 0.25) is 6.32 Å². The second-order valence-electron chi connectivity index (χ2n) is 30.8. The quantitative estimate of drug-likeness (QED) is 0.0278. The van der Waals surface area contributed by atoms with E-state index in [-0.39, 0.29) is 126 Å². The maximum absolute atomic E-state index is 13.7. The van der Waals surface area contributed by atoms with Crippen LogP contribution >= 0.6 is 0 Å². The van der Waals surface area contributed by atoms with E-state index in [9.17, 15) is 28.8 Å². The van der Waals surface area contributed by atoms with Crippen LogP contribution in [0.1, 0.15) is 211 Å². The summed E-state index contributed by atoms with van der Waals surface area (Å²) in [5, 5.41) is 7.79. The smallest absolute Gasteiger partial charge is 0.486 e. The Morgan fingerprint density at radius 1 is 0.698 bits per heavy atom. The molecule has 5 aliphatic rings. The van der Waals surface area contributed by atoms with Gasteiger partial charge in [0.2, 0.25) is 0 Å². The number of amides is 4. The predicted octanol–water partition coefficient (Wildman–Crippen LogP) is 6.29. The van der Waals surface area contributed by atoms with Crippen LogP contribution in [-0.4, -0.2) is 165 Å². The number of aromatic nitrogens is 8. The Kier molecular flexibility index (Phi) is 35.9. The zero-order valence-corrected chi connectivity index (χ0v) is 68.7. The van der Waals surface area contributed by atoms with Gasteiger partial charge in [-0.2, -0.15) is 28.8 Å². The molecule has 5 atom stereocenters. The number of esters is 1. The maximum Gasteiger partial charge on any atom is 1.00 e. The molecule has 33 nitrogen and oxygen atoms in total. The number of imidazole rings is 4. The number of carbonyl (C=O) groups is 6. The van der Waals surface area contributed by atoms with Gasteiger partial charge in [-0.15, -0.1) is 6.54 Å². The number of hydrogen-bond acceptors (Lipinski definition) is 25. The van der Waals surface area contributed by atoms with Gasteiger partial charge in [0.15, 0.2) is 6.04 Å². The van der Waals surface area contributed by atoms with Crippen LogP contribution < -0.4 is 77.8 Å². The van der Waals surface area contributed by atoms with Gasteiger partial charge in [-0.3, -0.25) is 4.79 Å². The molecule has 4 aromatic heterocycles. The van der Waals surface area contributed by atoms with Gasteiger partial charge >= 0.3 is 107 Å². The van der Waals surface area contributed by atoms with E-state index in [1.807, 2.05) is 74.4 Å². The van der Waals surface area contributed by atoms with Crippen molar-refractivity contribution in [2.45, 2.75) is 250 Å². The third-order valence-corrected chi connectivity index (χ3v) is 16.0. The molecule has 8 N–H and O–H groups in total. The predicted molar refractivity (Wildman–Crippen MR) is 375 cm³/mol. The van der Waals surface area contributed by atoms with Crippen molar-refractivity contribution in [3.05, 3.63) is 106 Å². The number of nitrogens with one attached hydrogen (secondary N) is 6. The summed E-state index contributed by atoms with van der Waals surface area (Å²) < 4.78 is 47.6. The van der Waals surface area contributed by atoms with Crippen molar-refractivity contribution in [3.8, 4) is 5.75 Å². The van der Waals surface area contributed by atoms with Crippen molar-refractivity contribution in [2.75, 3.05) is 13.1 Å². The number of nitrogens with two attached hydrogens (primary N) is 1. The molecule has 0 radical (unpaired) electrons. The topological polar surface area (TPSA) is 448 Å². The minimum atomic E-state index is -1.02. The zero-order valence-electron chi connectivity index (χ0n) is 65.6. The first kappa shape index (κ1) is 93.8. The van der Waals surface area contributed by atoms with E-state index in [1.165, 1.54) is 23.7 Å². The van der Waals surface area contributed by atoms with Gasteiger partial charge in [-0.25, -0.2) is 43.5 Å². The van der Waals surface area contributed by atoms with Gasteiger partial charge in [0, 0.05) is 24.6 Å². The number of aromatic amines is 3. The van der Waals surface area contributed by atoms with Crippen molar-refractivity contribution in [1.82, 2.24) is 60.3 Å². The van der Waals surface area contributed by atoms with Crippen molar-refractivity contribution in [3.63, 3.8) is 0 Å². The first-order valence-electron chi connectivity index (χ1n) is 33.9. The second-order valence-corrected chi connectivity index (χ2v) is 30.8. The van der Waals surface area contributed by atoms with Crippen LogP contribution in [0.4, 0.5) is 19.2 Å². The largest absolute Gasteiger partial charge is 1.00 e. The number of H-pyrrole nitrogens is 3. The molecular formula is C71H105BKN13O20. The first-order chi connectivity index (χ1) is 48.4. The Labute approximate surface area is 661 Å². The summed E-state index contributed by atoms with van der Waals surface area (Å²) in [6.07, 6.45) is 8.31. The van der Waals surface area contributed by atoms with E-state index < -0.39 is 64.4 Å². The first-order valence-corrected chi connectivity index (χ1v) is 33.9. The van der Waals surface area contributed by atoms with Crippen molar-refractivity contribution in [2.24, 2.45) is 23.0 Å². The Morgan fingerprint density at radius 3 is 1.70 bits per heavy atom. The summed E-state index contributed by atoms with van der Waals surface area (Å²) in [4.78, 5) is 151.